The lowest BCUT2D eigenvalue weighted by atomic mass is 9.94. The maximum atomic E-state index is 12.2. The first-order chi connectivity index (χ1) is 8.54. The van der Waals surface area contributed by atoms with Gasteiger partial charge in [0.1, 0.15) is 0 Å². The van der Waals surface area contributed by atoms with E-state index in [-0.39, 0.29) is 5.91 Å². The SMILES string of the molecule is C=C(C)CN(CC)CC(=O)N(C)C1CCCCC1. The van der Waals surface area contributed by atoms with Crippen LogP contribution in [0.15, 0.2) is 12.2 Å². The molecular formula is C15H28N2O. The second-order valence-electron chi connectivity index (χ2n) is 5.56. The highest BCUT2D eigenvalue weighted by atomic mass is 16.2. The van der Waals surface area contributed by atoms with E-state index in [0.29, 0.717) is 12.6 Å². The van der Waals surface area contributed by atoms with Gasteiger partial charge in [-0.2, -0.15) is 0 Å². The van der Waals surface area contributed by atoms with Crippen LogP contribution < -0.4 is 0 Å². The Kier molecular flexibility index (Phi) is 6.41. The van der Waals surface area contributed by atoms with Crippen LogP contribution in [0.4, 0.5) is 0 Å². The zero-order valence-electron chi connectivity index (χ0n) is 12.2. The number of hydrogen-bond donors (Lipinski definition) is 0. The van der Waals surface area contributed by atoms with E-state index >= 15 is 0 Å². The second-order valence-corrected chi connectivity index (χ2v) is 5.56. The van der Waals surface area contributed by atoms with Crippen molar-refractivity contribution in [2.45, 2.75) is 52.0 Å². The normalized spacial score (nSPS) is 16.9. The predicted molar refractivity (Wildman–Crippen MR) is 76.6 cm³/mol. The average Bonchev–Trinajstić information content (AvgIpc) is 2.37. The van der Waals surface area contributed by atoms with Crippen LogP contribution in [-0.2, 0) is 4.79 Å². The molecule has 0 heterocycles. The zero-order valence-corrected chi connectivity index (χ0v) is 12.2. The third-order valence-electron chi connectivity index (χ3n) is 3.82. The van der Waals surface area contributed by atoms with Gasteiger partial charge in [-0.15, -0.1) is 0 Å². The first kappa shape index (κ1) is 15.2. The summed E-state index contributed by atoms with van der Waals surface area (Å²) in [6.07, 6.45) is 6.22. The van der Waals surface area contributed by atoms with Crippen LogP contribution in [0.25, 0.3) is 0 Å². The summed E-state index contributed by atoms with van der Waals surface area (Å²) in [7, 11) is 1.97. The Labute approximate surface area is 112 Å². The molecule has 1 aliphatic carbocycles. The Hall–Kier alpha value is -0.830. The van der Waals surface area contributed by atoms with E-state index in [0.717, 1.165) is 18.7 Å². The summed E-state index contributed by atoms with van der Waals surface area (Å²) in [6.45, 7) is 10.3. The molecule has 1 fully saturated rings. The Morgan fingerprint density at radius 1 is 1.22 bits per heavy atom. The molecule has 0 aliphatic heterocycles. The summed E-state index contributed by atoms with van der Waals surface area (Å²) < 4.78 is 0. The fourth-order valence-electron chi connectivity index (χ4n) is 2.64. The summed E-state index contributed by atoms with van der Waals surface area (Å²) in [5.74, 6) is 0.255. The molecule has 0 radical (unpaired) electrons. The van der Waals surface area contributed by atoms with E-state index < -0.39 is 0 Å². The van der Waals surface area contributed by atoms with Crippen molar-refractivity contribution in [1.82, 2.24) is 9.80 Å². The number of hydrogen-bond acceptors (Lipinski definition) is 2. The van der Waals surface area contributed by atoms with Gasteiger partial charge in [0.25, 0.3) is 0 Å². The quantitative estimate of drug-likeness (QED) is 0.679. The molecule has 3 heteroatoms. The van der Waals surface area contributed by atoms with Gasteiger partial charge in [0.2, 0.25) is 5.91 Å². The van der Waals surface area contributed by atoms with Crippen LogP contribution in [0.2, 0.25) is 0 Å². The van der Waals surface area contributed by atoms with Crippen LogP contribution in [0.1, 0.15) is 46.0 Å². The van der Waals surface area contributed by atoms with Gasteiger partial charge in [0.15, 0.2) is 0 Å². The average molecular weight is 252 g/mol. The Bertz CT molecular complexity index is 282. The van der Waals surface area contributed by atoms with Crippen molar-refractivity contribution < 1.29 is 4.79 Å². The molecule has 0 N–H and O–H groups in total. The van der Waals surface area contributed by atoms with Gasteiger partial charge in [-0.05, 0) is 26.3 Å². The molecule has 0 unspecified atom stereocenters. The fraction of sp³-hybridized carbons (Fsp3) is 0.800. The standard InChI is InChI=1S/C15H28N2O/c1-5-17(11-13(2)3)12-15(18)16(4)14-9-7-6-8-10-14/h14H,2,5-12H2,1,3-4H3. The lowest BCUT2D eigenvalue weighted by Gasteiger charge is -2.33. The monoisotopic (exact) mass is 252 g/mol. The minimum atomic E-state index is 0.255. The van der Waals surface area contributed by atoms with Gasteiger partial charge < -0.3 is 4.90 Å². The third-order valence-corrected chi connectivity index (χ3v) is 3.82. The zero-order chi connectivity index (χ0) is 13.5. The number of likely N-dealkylation sites (N-methyl/N-ethyl adjacent to an activating group) is 2. The van der Waals surface area contributed by atoms with Crippen molar-refractivity contribution in [3.63, 3.8) is 0 Å². The van der Waals surface area contributed by atoms with Crippen LogP contribution in [0.3, 0.4) is 0 Å². The second kappa shape index (κ2) is 7.57. The number of carbonyl (C=O) groups is 1. The highest BCUT2D eigenvalue weighted by Gasteiger charge is 2.22. The lowest BCUT2D eigenvalue weighted by molar-refractivity contribution is -0.133. The molecule has 0 aromatic rings. The molecule has 0 bridgehead atoms. The largest absolute Gasteiger partial charge is 0.342 e. The molecule has 1 rings (SSSR count). The van der Waals surface area contributed by atoms with Gasteiger partial charge in [0, 0.05) is 19.6 Å². The molecule has 1 aliphatic rings. The Balaban J connectivity index is 2.44. The van der Waals surface area contributed by atoms with Gasteiger partial charge in [-0.25, -0.2) is 0 Å². The summed E-state index contributed by atoms with van der Waals surface area (Å²) >= 11 is 0. The smallest absolute Gasteiger partial charge is 0.236 e. The first-order valence-electron chi connectivity index (χ1n) is 7.17. The van der Waals surface area contributed by atoms with E-state index in [9.17, 15) is 4.79 Å². The van der Waals surface area contributed by atoms with Crippen molar-refractivity contribution in [3.8, 4) is 0 Å². The molecule has 1 amide bonds. The molecule has 0 atom stereocenters. The minimum absolute atomic E-state index is 0.255. The Morgan fingerprint density at radius 2 is 1.83 bits per heavy atom. The van der Waals surface area contributed by atoms with Crippen molar-refractivity contribution in [1.29, 1.82) is 0 Å². The molecular weight excluding hydrogens is 224 g/mol. The maximum absolute atomic E-state index is 12.2. The third kappa shape index (κ3) is 4.81. The molecule has 104 valence electrons. The van der Waals surface area contributed by atoms with Crippen LogP contribution in [0, 0.1) is 0 Å². The molecule has 0 aromatic carbocycles. The maximum Gasteiger partial charge on any atom is 0.236 e. The minimum Gasteiger partial charge on any atom is -0.342 e. The van der Waals surface area contributed by atoms with Crippen molar-refractivity contribution >= 4 is 5.91 Å². The van der Waals surface area contributed by atoms with Gasteiger partial charge in [0.05, 0.1) is 6.54 Å². The van der Waals surface area contributed by atoms with Crippen LogP contribution in [-0.4, -0.2) is 48.4 Å². The highest BCUT2D eigenvalue weighted by molar-refractivity contribution is 5.78. The fourth-order valence-corrected chi connectivity index (χ4v) is 2.64. The van der Waals surface area contributed by atoms with Crippen LogP contribution >= 0.6 is 0 Å². The summed E-state index contributed by atoms with van der Waals surface area (Å²) in [6, 6.07) is 0.467. The molecule has 18 heavy (non-hydrogen) atoms. The van der Waals surface area contributed by atoms with Crippen molar-refractivity contribution in [2.24, 2.45) is 0 Å². The van der Waals surface area contributed by atoms with Gasteiger partial charge in [-0.1, -0.05) is 38.3 Å². The van der Waals surface area contributed by atoms with E-state index in [4.69, 9.17) is 0 Å². The Morgan fingerprint density at radius 3 is 2.33 bits per heavy atom. The summed E-state index contributed by atoms with van der Waals surface area (Å²) in [4.78, 5) is 16.4. The highest BCUT2D eigenvalue weighted by Crippen LogP contribution is 2.21. The lowest BCUT2D eigenvalue weighted by Crippen LogP contribution is -2.44. The van der Waals surface area contributed by atoms with Gasteiger partial charge in [-0.3, -0.25) is 9.69 Å². The first-order valence-corrected chi connectivity index (χ1v) is 7.17. The topological polar surface area (TPSA) is 23.6 Å². The summed E-state index contributed by atoms with van der Waals surface area (Å²) in [5.41, 5.74) is 1.12. The predicted octanol–water partition coefficient (Wildman–Crippen LogP) is 2.68. The van der Waals surface area contributed by atoms with E-state index in [1.54, 1.807) is 0 Å². The number of nitrogens with zero attached hydrogens (tertiary/aromatic N) is 2. The number of rotatable bonds is 6. The number of carbonyl (C=O) groups excluding carboxylic acids is 1. The van der Waals surface area contributed by atoms with E-state index in [1.807, 2.05) is 18.9 Å². The summed E-state index contributed by atoms with van der Waals surface area (Å²) in [5, 5.41) is 0. The van der Waals surface area contributed by atoms with E-state index in [1.165, 1.54) is 32.1 Å². The van der Waals surface area contributed by atoms with Gasteiger partial charge >= 0.3 is 0 Å². The van der Waals surface area contributed by atoms with Crippen molar-refractivity contribution in [3.05, 3.63) is 12.2 Å². The molecule has 1 saturated carbocycles. The van der Waals surface area contributed by atoms with Crippen molar-refractivity contribution in [2.75, 3.05) is 26.7 Å². The van der Waals surface area contributed by atoms with Crippen LogP contribution in [0.5, 0.6) is 0 Å². The molecule has 3 nitrogen and oxygen atoms in total. The number of amides is 1. The molecule has 0 aromatic heterocycles. The molecule has 0 saturated heterocycles. The van der Waals surface area contributed by atoms with E-state index in [2.05, 4.69) is 18.4 Å². The molecule has 0 spiro atoms.